The third kappa shape index (κ3) is 5.95. The Morgan fingerprint density at radius 1 is 1.24 bits per heavy atom. The number of likely N-dealkylation sites (tertiary alicyclic amines) is 1. The van der Waals surface area contributed by atoms with Crippen molar-refractivity contribution in [1.82, 2.24) is 13.9 Å². The van der Waals surface area contributed by atoms with Gasteiger partial charge >= 0.3 is 0 Å². The van der Waals surface area contributed by atoms with Gasteiger partial charge in [0.15, 0.2) is 0 Å². The van der Waals surface area contributed by atoms with Gasteiger partial charge in [-0.3, -0.25) is 4.90 Å². The van der Waals surface area contributed by atoms with E-state index in [0.29, 0.717) is 12.5 Å². The summed E-state index contributed by atoms with van der Waals surface area (Å²) in [5, 5.41) is 0. The summed E-state index contributed by atoms with van der Waals surface area (Å²) in [6.07, 6.45) is 2.04. The Morgan fingerprint density at radius 2 is 1.84 bits per heavy atom. The van der Waals surface area contributed by atoms with Crippen LogP contribution in [-0.2, 0) is 16.8 Å². The van der Waals surface area contributed by atoms with E-state index in [-0.39, 0.29) is 6.04 Å². The molecule has 1 N–H and O–H groups in total. The van der Waals surface area contributed by atoms with Gasteiger partial charge in [-0.05, 0) is 63.4 Å². The van der Waals surface area contributed by atoms with Crippen LogP contribution in [0.4, 0.5) is 0 Å². The summed E-state index contributed by atoms with van der Waals surface area (Å²) in [7, 11) is -0.0807. The molecule has 0 atom stereocenters. The van der Waals surface area contributed by atoms with Crippen LogP contribution in [-0.4, -0.2) is 57.5 Å². The lowest BCUT2D eigenvalue weighted by Gasteiger charge is -2.32. The molecule has 1 aliphatic rings. The fraction of sp³-hybridized carbons (Fsp3) is 0.667. The van der Waals surface area contributed by atoms with Crippen LogP contribution >= 0.6 is 0 Å². The molecular weight excluding hydrogens is 338 g/mol. The van der Waals surface area contributed by atoms with Crippen molar-refractivity contribution in [1.29, 1.82) is 0 Å². The lowest BCUT2D eigenvalue weighted by molar-refractivity contribution is 0.178. The summed E-state index contributed by atoms with van der Waals surface area (Å²) in [6, 6.07) is 8.13. The van der Waals surface area contributed by atoms with Crippen LogP contribution in [0.5, 0.6) is 5.75 Å². The molecule has 0 aromatic heterocycles. The highest BCUT2D eigenvalue weighted by Gasteiger charge is 2.24. The van der Waals surface area contributed by atoms with E-state index in [9.17, 15) is 8.42 Å². The van der Waals surface area contributed by atoms with Crippen LogP contribution in [0.3, 0.4) is 0 Å². The number of hydrogen-bond acceptors (Lipinski definition) is 4. The molecule has 0 saturated carbocycles. The zero-order chi connectivity index (χ0) is 18.4. The molecule has 1 aromatic carbocycles. The summed E-state index contributed by atoms with van der Waals surface area (Å²) in [6.45, 7) is 7.19. The highest BCUT2D eigenvalue weighted by atomic mass is 32.2. The summed E-state index contributed by atoms with van der Waals surface area (Å²) in [4.78, 5) is 2.42. The standard InChI is InChI=1S/C18H31N3O3S/c1-15(2)20(3)25(22,23)19-13-16-9-11-21(12-10-16)14-17-5-7-18(24-4)8-6-17/h5-8,15-16,19H,9-14H2,1-4H3. The first-order valence-corrected chi connectivity index (χ1v) is 10.3. The maximum Gasteiger partial charge on any atom is 0.279 e. The Bertz CT molecular complexity index is 623. The van der Waals surface area contributed by atoms with Crippen LogP contribution < -0.4 is 9.46 Å². The number of benzene rings is 1. The minimum atomic E-state index is -3.37. The topological polar surface area (TPSA) is 61.9 Å². The first-order chi connectivity index (χ1) is 11.8. The van der Waals surface area contributed by atoms with Crippen LogP contribution in [0.1, 0.15) is 32.3 Å². The molecule has 0 radical (unpaired) electrons. The van der Waals surface area contributed by atoms with Crippen molar-refractivity contribution in [3.05, 3.63) is 29.8 Å². The molecule has 1 aromatic rings. The second kappa shape index (κ2) is 8.98. The van der Waals surface area contributed by atoms with Crippen molar-refractivity contribution in [2.24, 2.45) is 5.92 Å². The number of nitrogens with one attached hydrogen (secondary N) is 1. The summed E-state index contributed by atoms with van der Waals surface area (Å²) >= 11 is 0. The summed E-state index contributed by atoms with van der Waals surface area (Å²) < 4.78 is 33.7. The molecule has 142 valence electrons. The molecular formula is C18H31N3O3S. The molecule has 0 unspecified atom stereocenters. The van der Waals surface area contributed by atoms with Gasteiger partial charge in [0.2, 0.25) is 0 Å². The van der Waals surface area contributed by atoms with Gasteiger partial charge in [0.05, 0.1) is 7.11 Å². The van der Waals surface area contributed by atoms with Gasteiger partial charge in [-0.1, -0.05) is 12.1 Å². The Labute approximate surface area is 152 Å². The lowest BCUT2D eigenvalue weighted by Crippen LogP contribution is -2.45. The van der Waals surface area contributed by atoms with E-state index in [1.165, 1.54) is 9.87 Å². The Balaban J connectivity index is 1.75. The van der Waals surface area contributed by atoms with Gasteiger partial charge in [-0.15, -0.1) is 0 Å². The van der Waals surface area contributed by atoms with E-state index in [1.807, 2.05) is 26.0 Å². The number of methoxy groups -OCH3 is 1. The normalized spacial score (nSPS) is 17.4. The zero-order valence-electron chi connectivity index (χ0n) is 15.7. The van der Waals surface area contributed by atoms with E-state index in [1.54, 1.807) is 14.2 Å². The van der Waals surface area contributed by atoms with Crippen molar-refractivity contribution in [3.8, 4) is 5.75 Å². The van der Waals surface area contributed by atoms with Crippen LogP contribution in [0.25, 0.3) is 0 Å². The van der Waals surface area contributed by atoms with E-state index in [0.717, 1.165) is 38.2 Å². The summed E-state index contributed by atoms with van der Waals surface area (Å²) in [5.74, 6) is 1.28. The van der Waals surface area contributed by atoms with E-state index in [2.05, 4.69) is 21.8 Å². The Morgan fingerprint density at radius 3 is 2.36 bits per heavy atom. The van der Waals surface area contributed by atoms with Gasteiger partial charge in [-0.25, -0.2) is 4.72 Å². The predicted molar refractivity (Wildman–Crippen MR) is 101 cm³/mol. The monoisotopic (exact) mass is 369 g/mol. The number of rotatable bonds is 8. The molecule has 1 fully saturated rings. The number of nitrogens with zero attached hydrogens (tertiary/aromatic N) is 2. The largest absolute Gasteiger partial charge is 0.497 e. The quantitative estimate of drug-likeness (QED) is 0.762. The first-order valence-electron chi connectivity index (χ1n) is 8.89. The molecule has 0 aliphatic carbocycles. The minimum Gasteiger partial charge on any atom is -0.497 e. The fourth-order valence-corrected chi connectivity index (χ4v) is 4.15. The van der Waals surface area contributed by atoms with Gasteiger partial charge in [-0.2, -0.15) is 12.7 Å². The molecule has 1 aliphatic heterocycles. The summed E-state index contributed by atoms with van der Waals surface area (Å²) in [5.41, 5.74) is 1.28. The highest BCUT2D eigenvalue weighted by Crippen LogP contribution is 2.20. The molecule has 0 spiro atoms. The SMILES string of the molecule is COc1ccc(CN2CCC(CNS(=O)(=O)N(C)C(C)C)CC2)cc1. The molecule has 6 nitrogen and oxygen atoms in total. The molecule has 2 rings (SSSR count). The van der Waals surface area contributed by atoms with E-state index in [4.69, 9.17) is 4.74 Å². The maximum absolute atomic E-state index is 12.2. The third-order valence-electron chi connectivity index (χ3n) is 4.93. The second-order valence-corrected chi connectivity index (χ2v) is 8.85. The Hall–Kier alpha value is -1.15. The highest BCUT2D eigenvalue weighted by molar-refractivity contribution is 7.87. The third-order valence-corrected chi connectivity index (χ3v) is 6.64. The van der Waals surface area contributed by atoms with Crippen molar-refractivity contribution in [2.45, 2.75) is 39.3 Å². The zero-order valence-corrected chi connectivity index (χ0v) is 16.6. The predicted octanol–water partition coefficient (Wildman–Crippen LogP) is 2.08. The van der Waals surface area contributed by atoms with Gasteiger partial charge < -0.3 is 4.74 Å². The van der Waals surface area contributed by atoms with E-state index >= 15 is 0 Å². The van der Waals surface area contributed by atoms with Crippen LogP contribution in [0, 0.1) is 5.92 Å². The van der Waals surface area contributed by atoms with Gasteiger partial charge in [0, 0.05) is 26.2 Å². The molecule has 0 bridgehead atoms. The smallest absolute Gasteiger partial charge is 0.279 e. The lowest BCUT2D eigenvalue weighted by atomic mass is 9.97. The second-order valence-electron chi connectivity index (χ2n) is 7.03. The maximum atomic E-state index is 12.2. The number of hydrogen-bond donors (Lipinski definition) is 1. The Kier molecular flexibility index (Phi) is 7.25. The first kappa shape index (κ1) is 20.2. The van der Waals surface area contributed by atoms with Crippen molar-refractivity contribution in [3.63, 3.8) is 0 Å². The number of piperidine rings is 1. The number of ether oxygens (including phenoxy) is 1. The van der Waals surface area contributed by atoms with Crippen LogP contribution in [0.2, 0.25) is 0 Å². The average molecular weight is 370 g/mol. The average Bonchev–Trinajstić information content (AvgIpc) is 2.61. The van der Waals surface area contributed by atoms with Gasteiger partial charge in [0.1, 0.15) is 5.75 Å². The van der Waals surface area contributed by atoms with E-state index < -0.39 is 10.2 Å². The minimum absolute atomic E-state index is 0.0381. The van der Waals surface area contributed by atoms with Gasteiger partial charge in [0.25, 0.3) is 10.2 Å². The molecule has 7 heteroatoms. The van der Waals surface area contributed by atoms with Crippen molar-refractivity contribution >= 4 is 10.2 Å². The van der Waals surface area contributed by atoms with Crippen LogP contribution in [0.15, 0.2) is 24.3 Å². The molecule has 1 saturated heterocycles. The fourth-order valence-electron chi connectivity index (χ4n) is 2.94. The van der Waals surface area contributed by atoms with Crippen molar-refractivity contribution < 1.29 is 13.2 Å². The molecule has 0 amide bonds. The van der Waals surface area contributed by atoms with Crippen molar-refractivity contribution in [2.75, 3.05) is 33.8 Å². The molecule has 1 heterocycles. The molecule has 25 heavy (non-hydrogen) atoms.